The van der Waals surface area contributed by atoms with Crippen LogP contribution in [0.15, 0.2) is 59.3 Å². The minimum atomic E-state index is -0.374. The highest BCUT2D eigenvalue weighted by molar-refractivity contribution is 5.98. The van der Waals surface area contributed by atoms with Gasteiger partial charge in [-0.15, -0.1) is 0 Å². The Kier molecular flexibility index (Phi) is 4.62. The van der Waals surface area contributed by atoms with Crippen molar-refractivity contribution in [1.29, 1.82) is 0 Å². The average Bonchev–Trinajstić information content (AvgIpc) is 3.49. The number of carbonyl (C=O) groups is 1. The number of nitrogens with zero attached hydrogens (tertiary/aromatic N) is 4. The monoisotopic (exact) mass is 406 g/mol. The summed E-state index contributed by atoms with van der Waals surface area (Å²) in [5.41, 5.74) is 2.08. The van der Waals surface area contributed by atoms with Crippen LogP contribution in [0.1, 0.15) is 29.6 Å². The second-order valence-electron chi connectivity index (χ2n) is 7.23. The van der Waals surface area contributed by atoms with E-state index in [1.165, 1.54) is 16.9 Å². The van der Waals surface area contributed by atoms with Gasteiger partial charge in [0.05, 0.1) is 29.7 Å². The summed E-state index contributed by atoms with van der Waals surface area (Å²) in [6, 6.07) is 11.6. The first kappa shape index (κ1) is 18.3. The van der Waals surface area contributed by atoms with E-state index in [2.05, 4.69) is 25.8 Å². The molecule has 0 bridgehead atoms. The van der Waals surface area contributed by atoms with Crippen LogP contribution in [0.5, 0.6) is 0 Å². The number of rotatable bonds is 5. The fourth-order valence-electron chi connectivity index (χ4n) is 3.85. The summed E-state index contributed by atoms with van der Waals surface area (Å²) in [7, 11) is 0. The molecule has 0 saturated heterocycles. The Bertz CT molecular complexity index is 1190. The van der Waals surface area contributed by atoms with Gasteiger partial charge in [0.15, 0.2) is 5.58 Å². The summed E-state index contributed by atoms with van der Waals surface area (Å²) in [5, 5.41) is 14.6. The third kappa shape index (κ3) is 3.49. The van der Waals surface area contributed by atoms with Crippen molar-refractivity contribution in [1.82, 2.24) is 25.3 Å². The summed E-state index contributed by atoms with van der Waals surface area (Å²) in [6.07, 6.45) is 5.79. The van der Waals surface area contributed by atoms with Gasteiger partial charge in [0, 0.05) is 12.1 Å². The van der Waals surface area contributed by atoms with Crippen molar-refractivity contribution in [3.63, 3.8) is 0 Å². The average molecular weight is 406 g/mol. The number of hydrogen-bond donors (Lipinski definition) is 2. The van der Waals surface area contributed by atoms with Crippen LogP contribution in [-0.4, -0.2) is 38.0 Å². The Morgan fingerprint density at radius 1 is 1.10 bits per heavy atom. The quantitative estimate of drug-likeness (QED) is 0.528. The van der Waals surface area contributed by atoms with Crippen molar-refractivity contribution in [3.05, 3.63) is 66.2 Å². The first-order valence-electron chi connectivity index (χ1n) is 9.76. The number of fused-ring (bicyclic) bond motifs is 1. The maximum Gasteiger partial charge on any atom is 0.295 e. The molecule has 2 heterocycles. The van der Waals surface area contributed by atoms with E-state index < -0.39 is 0 Å². The molecule has 30 heavy (non-hydrogen) atoms. The predicted octanol–water partition coefficient (Wildman–Crippen LogP) is 3.31. The molecule has 0 aliphatic heterocycles. The van der Waals surface area contributed by atoms with E-state index >= 15 is 0 Å². The molecule has 152 valence electrons. The van der Waals surface area contributed by atoms with Gasteiger partial charge in [-0.1, -0.05) is 12.1 Å². The Hall–Kier alpha value is -3.75. The van der Waals surface area contributed by atoms with Gasteiger partial charge in [0.2, 0.25) is 0 Å². The van der Waals surface area contributed by atoms with Crippen LogP contribution in [0.2, 0.25) is 0 Å². The highest BCUT2D eigenvalue weighted by Crippen LogP contribution is 2.26. The number of halogens is 1. The SMILES string of the molecule is O=C(NC1CCC[C@@H]1Nc1nc2ccc(F)cc2o1)c1ccccc1-n1nccn1. The van der Waals surface area contributed by atoms with Crippen LogP contribution < -0.4 is 10.6 Å². The Balaban J connectivity index is 1.33. The second-order valence-corrected chi connectivity index (χ2v) is 7.23. The van der Waals surface area contributed by atoms with Crippen LogP contribution in [-0.2, 0) is 0 Å². The zero-order valence-electron chi connectivity index (χ0n) is 16.0. The molecule has 2 atom stereocenters. The van der Waals surface area contributed by atoms with E-state index in [1.807, 2.05) is 12.1 Å². The number of anilines is 1. The van der Waals surface area contributed by atoms with Crippen molar-refractivity contribution in [3.8, 4) is 5.69 Å². The molecular weight excluding hydrogens is 387 g/mol. The van der Waals surface area contributed by atoms with E-state index in [0.29, 0.717) is 28.4 Å². The van der Waals surface area contributed by atoms with E-state index in [-0.39, 0.29) is 23.8 Å². The van der Waals surface area contributed by atoms with E-state index in [4.69, 9.17) is 4.42 Å². The molecule has 2 N–H and O–H groups in total. The summed E-state index contributed by atoms with van der Waals surface area (Å²) >= 11 is 0. The third-order valence-corrected chi connectivity index (χ3v) is 5.27. The van der Waals surface area contributed by atoms with Gasteiger partial charge in [0.25, 0.3) is 11.9 Å². The second kappa shape index (κ2) is 7.58. The molecule has 1 saturated carbocycles. The van der Waals surface area contributed by atoms with Crippen molar-refractivity contribution >= 4 is 23.0 Å². The third-order valence-electron chi connectivity index (χ3n) is 5.27. The fourth-order valence-corrected chi connectivity index (χ4v) is 3.85. The molecule has 1 unspecified atom stereocenters. The smallest absolute Gasteiger partial charge is 0.295 e. The lowest BCUT2D eigenvalue weighted by Crippen LogP contribution is -2.43. The molecule has 0 spiro atoms. The lowest BCUT2D eigenvalue weighted by atomic mass is 10.1. The summed E-state index contributed by atoms with van der Waals surface area (Å²) in [5.74, 6) is -0.567. The van der Waals surface area contributed by atoms with Crippen molar-refractivity contribution in [2.45, 2.75) is 31.3 Å². The maximum absolute atomic E-state index is 13.4. The number of amides is 1. The number of benzene rings is 2. The van der Waals surface area contributed by atoms with Crippen molar-refractivity contribution in [2.24, 2.45) is 0 Å². The first-order valence-corrected chi connectivity index (χ1v) is 9.76. The molecule has 5 rings (SSSR count). The van der Waals surface area contributed by atoms with E-state index in [1.54, 1.807) is 30.6 Å². The topological polar surface area (TPSA) is 97.9 Å². The first-order chi connectivity index (χ1) is 14.7. The van der Waals surface area contributed by atoms with E-state index in [9.17, 15) is 9.18 Å². The lowest BCUT2D eigenvalue weighted by molar-refractivity contribution is 0.0935. The lowest BCUT2D eigenvalue weighted by Gasteiger charge is -2.22. The fraction of sp³-hybridized carbons (Fsp3) is 0.238. The Morgan fingerprint density at radius 2 is 1.90 bits per heavy atom. The number of carbonyl (C=O) groups excluding carboxylic acids is 1. The Labute approximate surface area is 171 Å². The molecular formula is C21H19FN6O2. The molecule has 1 aliphatic rings. The molecule has 2 aromatic heterocycles. The number of aromatic nitrogens is 4. The highest BCUT2D eigenvalue weighted by atomic mass is 19.1. The molecule has 1 fully saturated rings. The molecule has 8 nitrogen and oxygen atoms in total. The normalized spacial score (nSPS) is 18.6. The zero-order chi connectivity index (χ0) is 20.5. The van der Waals surface area contributed by atoms with Gasteiger partial charge in [0.1, 0.15) is 11.3 Å². The molecule has 2 aromatic carbocycles. The largest absolute Gasteiger partial charge is 0.423 e. The van der Waals surface area contributed by atoms with Crippen LogP contribution in [0.25, 0.3) is 16.8 Å². The van der Waals surface area contributed by atoms with Gasteiger partial charge in [-0.05, 0) is 43.5 Å². The van der Waals surface area contributed by atoms with E-state index in [0.717, 1.165) is 19.3 Å². The van der Waals surface area contributed by atoms with Crippen LogP contribution in [0.3, 0.4) is 0 Å². The standard InChI is InChI=1S/C21H19FN6O2/c22-13-8-9-17-19(12-13)30-21(27-17)26-16-6-3-5-15(16)25-20(29)14-4-1-2-7-18(14)28-23-10-11-24-28/h1-2,4,7-12,15-16H,3,5-6H2,(H,25,29)(H,26,27)/t15?,16-/m0/s1. The summed E-state index contributed by atoms with van der Waals surface area (Å²) in [6.45, 7) is 0. The van der Waals surface area contributed by atoms with Gasteiger partial charge in [-0.2, -0.15) is 20.0 Å². The van der Waals surface area contributed by atoms with Crippen molar-refractivity contribution < 1.29 is 13.6 Å². The van der Waals surface area contributed by atoms with Gasteiger partial charge in [-0.3, -0.25) is 4.79 Å². The summed E-state index contributed by atoms with van der Waals surface area (Å²) < 4.78 is 19.0. The number of oxazole rings is 1. The van der Waals surface area contributed by atoms with Gasteiger partial charge < -0.3 is 15.1 Å². The number of nitrogens with one attached hydrogen (secondary N) is 2. The van der Waals surface area contributed by atoms with Crippen molar-refractivity contribution in [2.75, 3.05) is 5.32 Å². The van der Waals surface area contributed by atoms with Crippen LogP contribution in [0, 0.1) is 5.82 Å². The predicted molar refractivity (Wildman–Crippen MR) is 108 cm³/mol. The van der Waals surface area contributed by atoms with Gasteiger partial charge in [-0.25, -0.2) is 4.39 Å². The number of para-hydroxylation sites is 1. The van der Waals surface area contributed by atoms with Gasteiger partial charge >= 0.3 is 0 Å². The molecule has 9 heteroatoms. The molecule has 1 aliphatic carbocycles. The minimum absolute atomic E-state index is 0.0400. The zero-order valence-corrected chi connectivity index (χ0v) is 16.0. The van der Waals surface area contributed by atoms with Crippen LogP contribution in [0.4, 0.5) is 10.4 Å². The summed E-state index contributed by atoms with van der Waals surface area (Å²) in [4.78, 5) is 18.8. The van der Waals surface area contributed by atoms with Crippen LogP contribution >= 0.6 is 0 Å². The molecule has 0 radical (unpaired) electrons. The highest BCUT2D eigenvalue weighted by Gasteiger charge is 2.30. The molecule has 4 aromatic rings. The molecule has 1 amide bonds. The minimum Gasteiger partial charge on any atom is -0.423 e. The maximum atomic E-state index is 13.4. The number of hydrogen-bond acceptors (Lipinski definition) is 6. The Morgan fingerprint density at radius 3 is 2.77 bits per heavy atom.